The van der Waals surface area contributed by atoms with Crippen molar-refractivity contribution in [2.45, 2.75) is 33.4 Å². The molecule has 162 valence electrons. The number of ether oxygens (including phenoxy) is 2. The van der Waals surface area contributed by atoms with Crippen LogP contribution in [-0.2, 0) is 16.1 Å². The summed E-state index contributed by atoms with van der Waals surface area (Å²) in [5, 5.41) is 5.49. The molecule has 0 aliphatic heterocycles. The smallest absolute Gasteiger partial charge is 0.329 e. The number of rotatable bonds is 8. The molecule has 0 fully saturated rings. The quantitative estimate of drug-likeness (QED) is 0.519. The minimum Gasteiger partial charge on any atom is -0.497 e. The Balaban J connectivity index is 1.61. The van der Waals surface area contributed by atoms with Gasteiger partial charge in [-0.3, -0.25) is 4.79 Å². The second-order valence-electron chi connectivity index (χ2n) is 7.54. The minimum atomic E-state index is -0.743. The van der Waals surface area contributed by atoms with Crippen molar-refractivity contribution in [3.63, 3.8) is 0 Å². The van der Waals surface area contributed by atoms with Crippen molar-refractivity contribution in [3.05, 3.63) is 70.7 Å². The maximum Gasteiger partial charge on any atom is 0.329 e. The number of hydrogen-bond donors (Lipinski definition) is 1. The molecule has 0 saturated heterocycles. The van der Waals surface area contributed by atoms with E-state index in [-0.39, 0.29) is 18.4 Å². The zero-order chi connectivity index (χ0) is 22.4. The summed E-state index contributed by atoms with van der Waals surface area (Å²) in [5.41, 5.74) is 3.13. The average Bonchev–Trinajstić information content (AvgIpc) is 3.24. The highest BCUT2D eigenvalue weighted by Gasteiger charge is 2.26. The van der Waals surface area contributed by atoms with E-state index >= 15 is 0 Å². The highest BCUT2D eigenvalue weighted by molar-refractivity contribution is 7.13. The summed E-state index contributed by atoms with van der Waals surface area (Å²) in [5.74, 6) is -0.113. The van der Waals surface area contributed by atoms with Crippen LogP contribution in [-0.4, -0.2) is 30.0 Å². The first-order chi connectivity index (χ1) is 14.9. The van der Waals surface area contributed by atoms with E-state index in [1.807, 2.05) is 62.5 Å². The van der Waals surface area contributed by atoms with Gasteiger partial charge >= 0.3 is 5.97 Å². The van der Waals surface area contributed by atoms with Gasteiger partial charge in [0.2, 0.25) is 0 Å². The summed E-state index contributed by atoms with van der Waals surface area (Å²) in [6.07, 6.45) is 0. The van der Waals surface area contributed by atoms with Gasteiger partial charge in [0.05, 0.1) is 12.8 Å². The second-order valence-corrected chi connectivity index (χ2v) is 8.40. The summed E-state index contributed by atoms with van der Waals surface area (Å²) in [6.45, 7) is 5.70. The second kappa shape index (κ2) is 10.2. The van der Waals surface area contributed by atoms with Gasteiger partial charge in [0.1, 0.15) is 23.4 Å². The highest BCUT2D eigenvalue weighted by Crippen LogP contribution is 2.26. The molecule has 31 heavy (non-hydrogen) atoms. The SMILES string of the molecule is COc1ccc(-c2nc(COC(=O)[C@@H](NC(=O)c3cccc(C)c3)C(C)C)cs2)cc1. The first kappa shape index (κ1) is 22.5. The number of esters is 1. The van der Waals surface area contributed by atoms with E-state index in [4.69, 9.17) is 9.47 Å². The Morgan fingerprint density at radius 2 is 1.87 bits per heavy atom. The van der Waals surface area contributed by atoms with Crippen LogP contribution in [0.4, 0.5) is 0 Å². The normalized spacial score (nSPS) is 11.8. The molecule has 0 saturated carbocycles. The number of hydrogen-bond acceptors (Lipinski definition) is 6. The molecular weight excluding hydrogens is 412 g/mol. The number of aromatic nitrogens is 1. The molecule has 2 aromatic carbocycles. The lowest BCUT2D eigenvalue weighted by Gasteiger charge is -2.20. The summed E-state index contributed by atoms with van der Waals surface area (Å²) in [4.78, 5) is 29.8. The van der Waals surface area contributed by atoms with E-state index in [2.05, 4.69) is 10.3 Å². The molecule has 1 atom stereocenters. The van der Waals surface area contributed by atoms with Crippen LogP contribution >= 0.6 is 11.3 Å². The van der Waals surface area contributed by atoms with Crippen molar-refractivity contribution in [1.29, 1.82) is 0 Å². The molecule has 1 amide bonds. The molecule has 0 aliphatic carbocycles. The lowest BCUT2D eigenvalue weighted by molar-refractivity contribution is -0.148. The van der Waals surface area contributed by atoms with Crippen molar-refractivity contribution < 1.29 is 19.1 Å². The summed E-state index contributed by atoms with van der Waals surface area (Å²) < 4.78 is 10.6. The monoisotopic (exact) mass is 438 g/mol. The van der Waals surface area contributed by atoms with Gasteiger partial charge < -0.3 is 14.8 Å². The van der Waals surface area contributed by atoms with Crippen molar-refractivity contribution in [2.75, 3.05) is 7.11 Å². The number of aryl methyl sites for hydroxylation is 1. The lowest BCUT2D eigenvalue weighted by atomic mass is 10.0. The largest absolute Gasteiger partial charge is 0.497 e. The predicted molar refractivity (Wildman–Crippen MR) is 121 cm³/mol. The van der Waals surface area contributed by atoms with E-state index in [9.17, 15) is 9.59 Å². The first-order valence-electron chi connectivity index (χ1n) is 10.0. The molecule has 7 heteroatoms. The Labute approximate surface area is 186 Å². The van der Waals surface area contributed by atoms with Crippen LogP contribution in [0.2, 0.25) is 0 Å². The fraction of sp³-hybridized carbons (Fsp3) is 0.292. The van der Waals surface area contributed by atoms with Crippen molar-refractivity contribution >= 4 is 23.2 Å². The van der Waals surface area contributed by atoms with Crippen LogP contribution in [0.3, 0.4) is 0 Å². The zero-order valence-corrected chi connectivity index (χ0v) is 18.9. The Morgan fingerprint density at radius 3 is 2.52 bits per heavy atom. The molecule has 0 bridgehead atoms. The first-order valence-corrected chi connectivity index (χ1v) is 10.9. The maximum atomic E-state index is 12.7. The van der Waals surface area contributed by atoms with Gasteiger partial charge in [-0.2, -0.15) is 0 Å². The van der Waals surface area contributed by atoms with Crippen molar-refractivity contribution in [3.8, 4) is 16.3 Å². The fourth-order valence-corrected chi connectivity index (χ4v) is 3.79. The maximum absolute atomic E-state index is 12.7. The predicted octanol–water partition coefficient (Wildman–Crippen LogP) is 4.62. The Hall–Kier alpha value is -3.19. The summed E-state index contributed by atoms with van der Waals surface area (Å²) in [6, 6.07) is 14.1. The van der Waals surface area contributed by atoms with E-state index < -0.39 is 12.0 Å². The molecule has 0 unspecified atom stereocenters. The van der Waals surface area contributed by atoms with Gasteiger partial charge in [-0.05, 0) is 49.2 Å². The number of amides is 1. The van der Waals surface area contributed by atoms with E-state index in [0.717, 1.165) is 21.9 Å². The Morgan fingerprint density at radius 1 is 1.13 bits per heavy atom. The number of nitrogens with zero attached hydrogens (tertiary/aromatic N) is 1. The number of carbonyl (C=O) groups is 2. The molecule has 3 aromatic rings. The van der Waals surface area contributed by atoms with E-state index in [0.29, 0.717) is 11.3 Å². The molecule has 6 nitrogen and oxygen atoms in total. The van der Waals surface area contributed by atoms with Gasteiger partial charge in [-0.1, -0.05) is 31.5 Å². The molecule has 0 aliphatic rings. The zero-order valence-electron chi connectivity index (χ0n) is 18.0. The third kappa shape index (κ3) is 5.92. The Kier molecular flexibility index (Phi) is 7.41. The van der Waals surface area contributed by atoms with Crippen molar-refractivity contribution in [1.82, 2.24) is 10.3 Å². The Bertz CT molecular complexity index is 1040. The third-order valence-corrected chi connectivity index (χ3v) is 5.68. The fourth-order valence-electron chi connectivity index (χ4n) is 2.98. The number of benzene rings is 2. The van der Waals surface area contributed by atoms with Gasteiger partial charge in [0.25, 0.3) is 5.91 Å². The topological polar surface area (TPSA) is 77.5 Å². The van der Waals surface area contributed by atoms with Crippen LogP contribution in [0, 0.1) is 12.8 Å². The lowest BCUT2D eigenvalue weighted by Crippen LogP contribution is -2.45. The average molecular weight is 439 g/mol. The van der Waals surface area contributed by atoms with Crippen LogP contribution in [0.15, 0.2) is 53.9 Å². The van der Waals surface area contributed by atoms with Crippen molar-refractivity contribution in [2.24, 2.45) is 5.92 Å². The third-order valence-electron chi connectivity index (χ3n) is 4.74. The van der Waals surface area contributed by atoms with Crippen LogP contribution in [0.25, 0.3) is 10.6 Å². The van der Waals surface area contributed by atoms with Crippen LogP contribution in [0.5, 0.6) is 5.75 Å². The summed E-state index contributed by atoms with van der Waals surface area (Å²) in [7, 11) is 1.62. The van der Waals surface area contributed by atoms with Crippen LogP contribution < -0.4 is 10.1 Å². The number of nitrogens with one attached hydrogen (secondary N) is 1. The van der Waals surface area contributed by atoms with E-state index in [1.165, 1.54) is 11.3 Å². The van der Waals surface area contributed by atoms with Gasteiger partial charge in [0.15, 0.2) is 0 Å². The standard InChI is InChI=1S/C24H26N2O4S/c1-15(2)21(26-22(27)18-7-5-6-16(3)12-18)24(28)30-13-19-14-31-23(25-19)17-8-10-20(29-4)11-9-17/h5-12,14-15,21H,13H2,1-4H3,(H,26,27)/t21-/m0/s1. The van der Waals surface area contributed by atoms with Gasteiger partial charge in [-0.25, -0.2) is 9.78 Å². The molecule has 3 rings (SSSR count). The molecule has 1 heterocycles. The number of thiazole rings is 1. The molecule has 0 spiro atoms. The van der Waals surface area contributed by atoms with E-state index in [1.54, 1.807) is 19.2 Å². The van der Waals surface area contributed by atoms with Gasteiger partial charge in [0, 0.05) is 16.5 Å². The number of carbonyl (C=O) groups excluding carboxylic acids is 2. The molecule has 1 aromatic heterocycles. The summed E-state index contributed by atoms with van der Waals surface area (Å²) >= 11 is 1.48. The number of methoxy groups -OCH3 is 1. The molecule has 1 N–H and O–H groups in total. The minimum absolute atomic E-state index is 0.0506. The highest BCUT2D eigenvalue weighted by atomic mass is 32.1. The molecular formula is C24H26N2O4S. The van der Waals surface area contributed by atoms with Gasteiger partial charge in [-0.15, -0.1) is 11.3 Å². The molecule has 0 radical (unpaired) electrons. The van der Waals surface area contributed by atoms with Crippen LogP contribution in [0.1, 0.15) is 35.5 Å².